The van der Waals surface area contributed by atoms with E-state index in [1.54, 1.807) is 21.9 Å². The molecule has 19 heteroatoms. The Morgan fingerprint density at radius 2 is 1.03 bits per heavy atom. The SMILES string of the molecule is CCC#N.C[C@@H]1CN[C@@H](C)CN1C(=O)OC(C)(C)C.Cl.[C-]#[N+]c1ccc(F)cc1Cl.[C-]#[N+]c1ccc(N2C[C@@H](C)N(C(=O)OC(C)(C)C)C[C@@H]2C)cc1Cl.[C-]#[N+]c1ccc(N2C[C@@H](C)NC[C@@H]2C)cc1Cl. The standard InChI is InChI=1S/C18H24ClN3O2.C13H16ClN3.C11H22N2O2.C7H3ClFN.C3H5N.ClH/c1-12-11-22(17(23)24-18(3,4)5)13(2)10-21(12)14-7-8-16(20-6)15(19)9-14;1-9-8-17(10(2)7-16-9)11-4-5-13(15-3)12(14)6-11;1-8-7-13(9(2)6-12-8)10(14)15-11(3,4)5;1-10-7-3-2-5(9)4-6(7)8;1-2-3-4;/h7-9,12-13H,10-11H2,1-5H3;4-6,9-10,16H,7-8H2,1-2H3;8-9,12H,6-7H2,1-5H3;2-4H;2H2,1H3;1H/t12-,13+;9-,10+;8-,9+;;;/m010.../s1. The molecule has 14 nitrogen and oxygen atoms in total. The van der Waals surface area contributed by atoms with Crippen LogP contribution in [-0.4, -0.2) is 109 Å². The Morgan fingerprint density at radius 3 is 1.42 bits per heavy atom. The Labute approximate surface area is 443 Å². The number of piperazine rings is 3. The van der Waals surface area contributed by atoms with Gasteiger partial charge in [0.25, 0.3) is 0 Å². The maximum absolute atomic E-state index is 12.4. The highest BCUT2D eigenvalue weighted by Gasteiger charge is 2.35. The van der Waals surface area contributed by atoms with E-state index >= 15 is 0 Å². The van der Waals surface area contributed by atoms with Crippen molar-refractivity contribution in [2.24, 2.45) is 0 Å². The molecule has 0 saturated carbocycles. The summed E-state index contributed by atoms with van der Waals surface area (Å²) in [5.41, 5.74) is 2.41. The average Bonchev–Trinajstić information content (AvgIpc) is 3.28. The van der Waals surface area contributed by atoms with Crippen molar-refractivity contribution in [1.29, 1.82) is 5.26 Å². The van der Waals surface area contributed by atoms with Gasteiger partial charge in [-0.1, -0.05) is 59.9 Å². The first kappa shape index (κ1) is 63.8. The fraction of sp³-hybridized carbons (Fsp3) is 0.538. The van der Waals surface area contributed by atoms with Crippen LogP contribution >= 0.6 is 47.2 Å². The van der Waals surface area contributed by atoms with Crippen molar-refractivity contribution >= 4 is 87.8 Å². The lowest BCUT2D eigenvalue weighted by Crippen LogP contribution is -2.59. The molecule has 0 aliphatic carbocycles. The maximum atomic E-state index is 12.4. The highest BCUT2D eigenvalue weighted by molar-refractivity contribution is 6.34. The molecule has 6 rings (SSSR count). The first-order chi connectivity index (χ1) is 32.7. The van der Waals surface area contributed by atoms with Crippen molar-refractivity contribution in [3.8, 4) is 6.07 Å². The number of ether oxygens (including phenoxy) is 2. The molecule has 3 aromatic carbocycles. The van der Waals surface area contributed by atoms with Gasteiger partial charge in [-0.2, -0.15) is 5.26 Å². The minimum atomic E-state index is -0.500. The third kappa shape index (κ3) is 21.6. The molecule has 388 valence electrons. The molecule has 0 bridgehead atoms. The van der Waals surface area contributed by atoms with Crippen LogP contribution in [0.5, 0.6) is 0 Å². The first-order valence-electron chi connectivity index (χ1n) is 23.2. The van der Waals surface area contributed by atoms with Crippen LogP contribution in [0.2, 0.25) is 15.1 Å². The van der Waals surface area contributed by atoms with Crippen molar-refractivity contribution in [3.63, 3.8) is 0 Å². The van der Waals surface area contributed by atoms with Gasteiger partial charge in [0, 0.05) is 108 Å². The fourth-order valence-corrected chi connectivity index (χ4v) is 7.78. The number of hydrogen-bond donors (Lipinski definition) is 2. The molecule has 0 radical (unpaired) electrons. The molecule has 2 N–H and O–H groups in total. The Kier molecular flexibility index (Phi) is 26.9. The zero-order chi connectivity index (χ0) is 53.1. The molecule has 3 aliphatic rings. The lowest BCUT2D eigenvalue weighted by atomic mass is 10.1. The van der Waals surface area contributed by atoms with Crippen LogP contribution in [0, 0.1) is 36.9 Å². The quantitative estimate of drug-likeness (QED) is 0.241. The number of rotatable bonds is 2. The molecular formula is C52H71Cl4FN10O4. The molecule has 0 aromatic heterocycles. The predicted molar refractivity (Wildman–Crippen MR) is 290 cm³/mol. The minimum Gasteiger partial charge on any atom is -0.444 e. The van der Waals surface area contributed by atoms with Crippen LogP contribution in [-0.2, 0) is 9.47 Å². The normalized spacial score (nSPS) is 20.5. The van der Waals surface area contributed by atoms with E-state index < -0.39 is 17.0 Å². The van der Waals surface area contributed by atoms with E-state index in [-0.39, 0.29) is 53.4 Å². The Balaban J connectivity index is 0.000000476. The smallest absolute Gasteiger partial charge is 0.410 e. The van der Waals surface area contributed by atoms with Crippen molar-refractivity contribution in [1.82, 2.24) is 20.4 Å². The van der Waals surface area contributed by atoms with Crippen LogP contribution in [0.15, 0.2) is 54.6 Å². The van der Waals surface area contributed by atoms with E-state index in [1.165, 1.54) is 12.1 Å². The van der Waals surface area contributed by atoms with Crippen LogP contribution in [0.3, 0.4) is 0 Å². The number of nitrogens with one attached hydrogen (secondary N) is 2. The number of anilines is 2. The topological polar surface area (TPSA) is 126 Å². The predicted octanol–water partition coefficient (Wildman–Crippen LogP) is 13.8. The zero-order valence-corrected chi connectivity index (χ0v) is 46.3. The second-order valence-corrected chi connectivity index (χ2v) is 20.5. The van der Waals surface area contributed by atoms with Gasteiger partial charge < -0.3 is 39.7 Å². The second kappa shape index (κ2) is 30.0. The summed E-state index contributed by atoms with van der Waals surface area (Å²) in [6.07, 6.45) is 0.145. The molecular weight excluding hydrogens is 989 g/mol. The van der Waals surface area contributed by atoms with Gasteiger partial charge >= 0.3 is 12.2 Å². The Hall–Kier alpha value is -5.23. The number of carbonyl (C=O) groups is 2. The van der Waals surface area contributed by atoms with E-state index in [2.05, 4.69) is 62.7 Å². The minimum absolute atomic E-state index is 0. The molecule has 3 aliphatic heterocycles. The van der Waals surface area contributed by atoms with Crippen LogP contribution in [0.4, 0.5) is 42.4 Å². The third-order valence-electron chi connectivity index (χ3n) is 10.7. The maximum Gasteiger partial charge on any atom is 0.410 e. The van der Waals surface area contributed by atoms with E-state index in [4.69, 9.17) is 69.3 Å². The van der Waals surface area contributed by atoms with E-state index in [1.807, 2.05) is 92.6 Å². The summed E-state index contributed by atoms with van der Waals surface area (Å²) in [5.74, 6) is -0.419. The largest absolute Gasteiger partial charge is 0.444 e. The number of hydrogen-bond acceptors (Lipinski definition) is 9. The Bertz CT molecular complexity index is 2370. The molecule has 0 unspecified atom stereocenters. The van der Waals surface area contributed by atoms with E-state index in [0.29, 0.717) is 59.1 Å². The van der Waals surface area contributed by atoms with Gasteiger partial charge in [0.05, 0.1) is 25.8 Å². The molecule has 71 heavy (non-hydrogen) atoms. The van der Waals surface area contributed by atoms with E-state index in [0.717, 1.165) is 43.6 Å². The molecule has 6 atom stereocenters. The number of carbonyl (C=O) groups excluding carboxylic acids is 2. The summed E-state index contributed by atoms with van der Waals surface area (Å²) >= 11 is 17.7. The first-order valence-corrected chi connectivity index (χ1v) is 24.3. The van der Waals surface area contributed by atoms with E-state index in [9.17, 15) is 14.0 Å². The number of amides is 2. The van der Waals surface area contributed by atoms with Crippen molar-refractivity contribution < 1.29 is 23.5 Å². The van der Waals surface area contributed by atoms with Gasteiger partial charge in [0.15, 0.2) is 0 Å². The highest BCUT2D eigenvalue weighted by Crippen LogP contribution is 2.33. The van der Waals surface area contributed by atoms with Gasteiger partial charge in [-0.15, -0.1) is 12.4 Å². The number of nitrogens with zero attached hydrogens (tertiary/aromatic N) is 8. The monoisotopic (exact) mass is 1060 g/mol. The summed E-state index contributed by atoms with van der Waals surface area (Å²) in [4.78, 5) is 42.2. The van der Waals surface area contributed by atoms with Gasteiger partial charge in [0.2, 0.25) is 17.1 Å². The average molecular weight is 1060 g/mol. The molecule has 3 heterocycles. The molecule has 2 amide bonds. The van der Waals surface area contributed by atoms with Gasteiger partial charge in [0.1, 0.15) is 17.0 Å². The number of benzene rings is 3. The number of halogens is 5. The third-order valence-corrected chi connectivity index (χ3v) is 11.6. The van der Waals surface area contributed by atoms with Crippen LogP contribution in [0.1, 0.15) is 96.4 Å². The number of nitriles is 1. The highest BCUT2D eigenvalue weighted by atomic mass is 35.5. The molecule has 3 fully saturated rings. The second-order valence-electron chi connectivity index (χ2n) is 19.3. The molecule has 3 aromatic rings. The van der Waals surface area contributed by atoms with Crippen molar-refractivity contribution in [2.45, 2.75) is 144 Å². The van der Waals surface area contributed by atoms with Gasteiger partial charge in [-0.25, -0.2) is 28.5 Å². The Morgan fingerprint density at radius 1 is 0.648 bits per heavy atom. The molecule has 0 spiro atoms. The summed E-state index contributed by atoms with van der Waals surface area (Å²) in [6, 6.07) is 18.4. The van der Waals surface area contributed by atoms with Crippen LogP contribution in [0.25, 0.3) is 14.5 Å². The van der Waals surface area contributed by atoms with Crippen molar-refractivity contribution in [2.75, 3.05) is 49.1 Å². The van der Waals surface area contributed by atoms with Crippen molar-refractivity contribution in [3.05, 3.63) is 110 Å². The summed E-state index contributed by atoms with van der Waals surface area (Å²) in [7, 11) is 0. The van der Waals surface area contributed by atoms with Gasteiger partial charge in [-0.05, 0) is 119 Å². The summed E-state index contributed by atoms with van der Waals surface area (Å²) < 4.78 is 23.2. The fourth-order valence-electron chi connectivity index (χ4n) is 7.14. The van der Waals surface area contributed by atoms with Gasteiger partial charge in [-0.3, -0.25) is 0 Å². The summed E-state index contributed by atoms with van der Waals surface area (Å²) in [6.45, 7) is 51.1. The lowest BCUT2D eigenvalue weighted by Gasteiger charge is -2.45. The molecule has 3 saturated heterocycles. The zero-order valence-electron chi connectivity index (χ0n) is 43.2. The summed E-state index contributed by atoms with van der Waals surface area (Å²) in [5, 5.41) is 15.6. The lowest BCUT2D eigenvalue weighted by molar-refractivity contribution is 0.0101. The van der Waals surface area contributed by atoms with Crippen LogP contribution < -0.4 is 20.4 Å².